The van der Waals surface area contributed by atoms with Crippen LogP contribution in [0.5, 0.6) is 0 Å². The molecule has 186 valence electrons. The number of carbonyl (C=O) groups excluding carboxylic acids is 1. The third-order valence-electron chi connectivity index (χ3n) is 8.37. The van der Waals surface area contributed by atoms with Gasteiger partial charge in [-0.2, -0.15) is 5.10 Å². The van der Waals surface area contributed by atoms with E-state index < -0.39 is 0 Å². The van der Waals surface area contributed by atoms with Crippen LogP contribution in [0.3, 0.4) is 0 Å². The number of pyridine rings is 1. The molecule has 1 aromatic carbocycles. The summed E-state index contributed by atoms with van der Waals surface area (Å²) in [6, 6.07) is 9.75. The van der Waals surface area contributed by atoms with Crippen molar-refractivity contribution in [2.45, 2.75) is 63.5 Å². The molecule has 0 spiro atoms. The van der Waals surface area contributed by atoms with Crippen molar-refractivity contribution < 1.29 is 9.90 Å². The Hall–Kier alpha value is -2.95. The van der Waals surface area contributed by atoms with Crippen molar-refractivity contribution in [3.05, 3.63) is 63.7 Å². The number of piperidine rings is 1. The third-order valence-corrected chi connectivity index (χ3v) is 8.68. The quantitative estimate of drug-likeness (QED) is 0.582. The van der Waals surface area contributed by atoms with E-state index in [-0.39, 0.29) is 18.1 Å². The van der Waals surface area contributed by atoms with Gasteiger partial charge >= 0.3 is 0 Å². The van der Waals surface area contributed by atoms with Gasteiger partial charge in [0.2, 0.25) is 5.69 Å². The van der Waals surface area contributed by atoms with Crippen LogP contribution in [0, 0.1) is 18.4 Å². The second-order valence-corrected chi connectivity index (χ2v) is 10.9. The second-order valence-electron chi connectivity index (χ2n) is 10.5. The van der Waals surface area contributed by atoms with E-state index in [0.717, 1.165) is 35.5 Å². The Balaban J connectivity index is 1.33. The van der Waals surface area contributed by atoms with Gasteiger partial charge < -0.3 is 10.0 Å². The van der Waals surface area contributed by atoms with E-state index in [4.69, 9.17) is 28.3 Å². The maximum atomic E-state index is 13.1. The van der Waals surface area contributed by atoms with Crippen LogP contribution < -0.4 is 5.01 Å². The van der Waals surface area contributed by atoms with Gasteiger partial charge in [0.1, 0.15) is 5.69 Å². The maximum Gasteiger partial charge on any atom is 0.272 e. The Kier molecular flexibility index (Phi) is 6.18. The maximum absolute atomic E-state index is 13.1. The van der Waals surface area contributed by atoms with Crippen LogP contribution in [0.4, 0.5) is 11.4 Å². The lowest BCUT2D eigenvalue weighted by molar-refractivity contribution is 0.0541. The summed E-state index contributed by atoms with van der Waals surface area (Å²) in [5.74, 6) is 0.826. The Morgan fingerprint density at radius 2 is 1.86 bits per heavy atom. The van der Waals surface area contributed by atoms with Crippen LogP contribution in [0.2, 0.25) is 5.02 Å². The number of hydrogen-bond acceptors (Lipinski definition) is 5. The summed E-state index contributed by atoms with van der Waals surface area (Å²) in [6.45, 7) is 8.47. The van der Waals surface area contributed by atoms with Crippen LogP contribution in [0.15, 0.2) is 35.4 Å². The number of anilines is 1. The largest absolute Gasteiger partial charge is 0.393 e. The lowest BCUT2D eigenvalue weighted by Gasteiger charge is -2.34. The number of aryl methyl sites for hydroxylation is 1. The smallest absolute Gasteiger partial charge is 0.272 e. The predicted molar refractivity (Wildman–Crippen MR) is 140 cm³/mol. The molecule has 2 aromatic rings. The number of likely N-dealkylation sites (tertiary alicyclic amines) is 1. The van der Waals surface area contributed by atoms with Gasteiger partial charge in [-0.05, 0) is 68.7 Å². The second kappa shape index (κ2) is 9.49. The van der Waals surface area contributed by atoms with Gasteiger partial charge in [-0.15, -0.1) is 0 Å². The number of halogens is 1. The number of nitrogens with zero attached hydrogens (tertiary/aromatic N) is 5. The first kappa shape index (κ1) is 23.4. The number of aliphatic hydroxyl groups is 1. The summed E-state index contributed by atoms with van der Waals surface area (Å²) < 4.78 is 0. The molecule has 2 aliphatic carbocycles. The fourth-order valence-corrected chi connectivity index (χ4v) is 6.72. The average molecular weight is 504 g/mol. The minimum Gasteiger partial charge on any atom is -0.393 e. The molecule has 1 saturated carbocycles. The lowest BCUT2D eigenvalue weighted by Crippen LogP contribution is -2.41. The van der Waals surface area contributed by atoms with Crippen LogP contribution >= 0.6 is 11.6 Å². The third kappa shape index (κ3) is 4.07. The van der Waals surface area contributed by atoms with E-state index in [0.29, 0.717) is 54.2 Å². The molecule has 36 heavy (non-hydrogen) atoms. The minimum absolute atomic E-state index is 0.0554. The highest BCUT2D eigenvalue weighted by Gasteiger charge is 2.46. The monoisotopic (exact) mass is 503 g/mol. The molecule has 2 aliphatic heterocycles. The van der Waals surface area contributed by atoms with E-state index in [1.807, 2.05) is 24.3 Å². The van der Waals surface area contributed by atoms with Crippen molar-refractivity contribution in [3.63, 3.8) is 0 Å². The van der Waals surface area contributed by atoms with Crippen LogP contribution in [0.25, 0.3) is 4.85 Å². The first-order chi connectivity index (χ1) is 17.5. The number of rotatable bonds is 3. The van der Waals surface area contributed by atoms with Crippen molar-refractivity contribution in [1.82, 2.24) is 9.88 Å². The number of hydrogen-bond donors (Lipinski definition) is 1. The number of carbonyl (C=O) groups is 1. The molecular weight excluding hydrogens is 474 g/mol. The topological polar surface area (TPSA) is 73.4 Å². The zero-order valence-corrected chi connectivity index (χ0v) is 21.0. The molecule has 8 heteroatoms. The van der Waals surface area contributed by atoms with Crippen molar-refractivity contribution in [2.75, 3.05) is 18.1 Å². The van der Waals surface area contributed by atoms with Gasteiger partial charge in [0.05, 0.1) is 35.8 Å². The predicted octanol–water partition coefficient (Wildman–Crippen LogP) is 5.23. The van der Waals surface area contributed by atoms with Gasteiger partial charge in [0.15, 0.2) is 0 Å². The van der Waals surface area contributed by atoms with E-state index in [2.05, 4.69) is 9.85 Å². The Morgan fingerprint density at radius 3 is 2.58 bits per heavy atom. The summed E-state index contributed by atoms with van der Waals surface area (Å²) in [4.78, 5) is 23.2. The highest BCUT2D eigenvalue weighted by atomic mass is 35.5. The number of amides is 1. The molecule has 1 saturated heterocycles. The molecule has 2 atom stereocenters. The van der Waals surface area contributed by atoms with E-state index in [1.54, 1.807) is 11.0 Å². The van der Waals surface area contributed by atoms with E-state index >= 15 is 0 Å². The zero-order chi connectivity index (χ0) is 24.8. The molecule has 1 amide bonds. The average Bonchev–Trinajstić information content (AvgIpc) is 3.56. The van der Waals surface area contributed by atoms with Crippen molar-refractivity contribution in [1.29, 1.82) is 0 Å². The van der Waals surface area contributed by atoms with Crippen LogP contribution in [0.1, 0.15) is 66.7 Å². The summed E-state index contributed by atoms with van der Waals surface area (Å²) in [6.07, 6.45) is 7.63. The molecule has 6 rings (SSSR count). The molecule has 4 aliphatic rings. The highest BCUT2D eigenvalue weighted by molar-refractivity contribution is 6.33. The molecule has 1 aromatic heterocycles. The standard InChI is InChI=1S/C28H30ClN5O2/c1-30-24-9-6-18(16-22(24)29)34-27(17-4-2-3-5-17)21-8-10-23-20(26(21)32-34)7-11-25(31-23)28(36)33-14-12-19(35)13-15-33/h6-7,9,11,16-17,19,21,27,35H,2-5,8,10,12-15H2/t21-,27-/m0/s1. The van der Waals surface area contributed by atoms with Gasteiger partial charge in [-0.1, -0.05) is 30.5 Å². The first-order valence-corrected chi connectivity index (χ1v) is 13.4. The van der Waals surface area contributed by atoms with E-state index in [9.17, 15) is 9.90 Å². The first-order valence-electron chi connectivity index (χ1n) is 13.1. The number of benzene rings is 1. The summed E-state index contributed by atoms with van der Waals surface area (Å²) in [7, 11) is 0. The molecule has 3 heterocycles. The highest BCUT2D eigenvalue weighted by Crippen LogP contribution is 2.45. The van der Waals surface area contributed by atoms with Crippen molar-refractivity contribution in [3.8, 4) is 0 Å². The Morgan fingerprint density at radius 1 is 1.08 bits per heavy atom. The van der Waals surface area contributed by atoms with Gasteiger partial charge in [-0.25, -0.2) is 9.83 Å². The minimum atomic E-state index is -0.314. The summed E-state index contributed by atoms with van der Waals surface area (Å²) >= 11 is 6.42. The Bertz CT molecular complexity index is 1260. The number of hydrazone groups is 1. The molecule has 1 N–H and O–H groups in total. The molecule has 0 bridgehead atoms. The van der Waals surface area contributed by atoms with Gasteiger partial charge in [-0.3, -0.25) is 9.80 Å². The lowest BCUT2D eigenvalue weighted by atomic mass is 9.76. The number of fused-ring (bicyclic) bond motifs is 3. The SMILES string of the molecule is [C-]#[N+]c1ccc(N2N=C3c4ccc(C(=O)N5CCC(O)CC5)nc4CC[C@@H]3[C@@H]2C2CCCC2)cc1Cl. The van der Waals surface area contributed by atoms with Gasteiger partial charge in [0, 0.05) is 29.6 Å². The van der Waals surface area contributed by atoms with Crippen molar-refractivity contribution >= 4 is 34.6 Å². The normalized spacial score (nSPS) is 24.3. The summed E-state index contributed by atoms with van der Waals surface area (Å²) in [5, 5.41) is 17.6. The Labute approximate surface area is 216 Å². The van der Waals surface area contributed by atoms with Crippen LogP contribution in [-0.4, -0.2) is 51.8 Å². The molecule has 0 unspecified atom stereocenters. The van der Waals surface area contributed by atoms with Gasteiger partial charge in [0.25, 0.3) is 5.91 Å². The fourth-order valence-electron chi connectivity index (χ4n) is 6.50. The zero-order valence-electron chi connectivity index (χ0n) is 20.2. The van der Waals surface area contributed by atoms with Crippen molar-refractivity contribution in [2.24, 2.45) is 16.9 Å². The molecule has 2 fully saturated rings. The number of aromatic nitrogens is 1. The molecule has 0 radical (unpaired) electrons. The molecular formula is C28H30ClN5O2. The van der Waals surface area contributed by atoms with Crippen LogP contribution in [-0.2, 0) is 6.42 Å². The number of aliphatic hydroxyl groups excluding tert-OH is 1. The molecule has 7 nitrogen and oxygen atoms in total. The summed E-state index contributed by atoms with van der Waals surface area (Å²) in [5.41, 5.74) is 4.92. The fraction of sp³-hybridized carbons (Fsp3) is 0.500. The van der Waals surface area contributed by atoms with E-state index in [1.165, 1.54) is 25.7 Å².